The first-order valence-electron chi connectivity index (χ1n) is 9.02. The Labute approximate surface area is 172 Å². The van der Waals surface area contributed by atoms with Crippen molar-refractivity contribution >= 4 is 46.5 Å². The number of carbonyl (C=O) groups is 2. The first-order chi connectivity index (χ1) is 13.4. The molecular formula is C19H19Cl2N5O2. The largest absolute Gasteiger partial charge is 0.368 e. The zero-order valence-corrected chi connectivity index (χ0v) is 16.7. The molecule has 0 saturated carbocycles. The Bertz CT molecular complexity index is 986. The topological polar surface area (TPSA) is 93.6 Å². The molecule has 7 nitrogen and oxygen atoms in total. The number of nitrogens with two attached hydrogens (primary N) is 1. The summed E-state index contributed by atoms with van der Waals surface area (Å²) in [6.45, 7) is 2.31. The summed E-state index contributed by atoms with van der Waals surface area (Å²) in [5.74, 6) is -0.628. The molecule has 3 heterocycles. The molecule has 146 valence electrons. The highest BCUT2D eigenvalue weighted by Gasteiger charge is 2.43. The molecule has 9 heteroatoms. The Morgan fingerprint density at radius 1 is 1.21 bits per heavy atom. The van der Waals surface area contributed by atoms with Gasteiger partial charge in [0.15, 0.2) is 5.82 Å². The standard InChI is InChI=1S/C19H19Cl2N5O2/c1-10-16(19(28)25-8-2-3-14(25)18(22)27)17(26-15(24-10)6-7-23-26)11-4-5-12(20)13(21)9-11/h4-7,9,14,16-17H,2-3,8H2,1H3,(H2,22,27)/t14-,16?,17?/m1/s1. The molecular weight excluding hydrogens is 401 g/mol. The minimum absolute atomic E-state index is 0.181. The van der Waals surface area contributed by atoms with Gasteiger partial charge in [0.1, 0.15) is 12.0 Å². The van der Waals surface area contributed by atoms with Crippen LogP contribution >= 0.6 is 23.2 Å². The molecule has 4 rings (SSSR count). The van der Waals surface area contributed by atoms with Gasteiger partial charge in [-0.2, -0.15) is 5.10 Å². The summed E-state index contributed by atoms with van der Waals surface area (Å²) in [6.07, 6.45) is 2.97. The molecule has 1 saturated heterocycles. The first kappa shape index (κ1) is 19.0. The minimum Gasteiger partial charge on any atom is -0.368 e. The summed E-state index contributed by atoms with van der Waals surface area (Å²) in [5, 5.41) is 5.22. The fourth-order valence-electron chi connectivity index (χ4n) is 4.08. The molecule has 0 radical (unpaired) electrons. The summed E-state index contributed by atoms with van der Waals surface area (Å²) >= 11 is 12.3. The molecule has 2 amide bonds. The van der Waals surface area contributed by atoms with Crippen LogP contribution in [0.5, 0.6) is 0 Å². The van der Waals surface area contributed by atoms with Gasteiger partial charge in [-0.25, -0.2) is 9.67 Å². The second-order valence-electron chi connectivity index (χ2n) is 7.08. The van der Waals surface area contributed by atoms with E-state index in [0.717, 1.165) is 12.0 Å². The van der Waals surface area contributed by atoms with Crippen LogP contribution in [-0.2, 0) is 9.59 Å². The lowest BCUT2D eigenvalue weighted by atomic mass is 9.87. The van der Waals surface area contributed by atoms with Crippen molar-refractivity contribution < 1.29 is 9.59 Å². The summed E-state index contributed by atoms with van der Waals surface area (Å²) < 4.78 is 1.71. The van der Waals surface area contributed by atoms with Crippen molar-refractivity contribution in [1.82, 2.24) is 14.7 Å². The fourth-order valence-corrected chi connectivity index (χ4v) is 4.39. The molecule has 2 aliphatic heterocycles. The molecule has 2 aromatic rings. The highest BCUT2D eigenvalue weighted by Crippen LogP contribution is 2.39. The van der Waals surface area contributed by atoms with E-state index in [4.69, 9.17) is 28.9 Å². The van der Waals surface area contributed by atoms with Crippen molar-refractivity contribution in [3.63, 3.8) is 0 Å². The molecule has 1 aromatic carbocycles. The van der Waals surface area contributed by atoms with Gasteiger partial charge in [-0.05, 0) is 37.5 Å². The number of rotatable bonds is 3. The Hall–Kier alpha value is -2.38. The monoisotopic (exact) mass is 419 g/mol. The average molecular weight is 420 g/mol. The normalized spacial score (nSPS) is 24.0. The van der Waals surface area contributed by atoms with Crippen molar-refractivity contribution in [3.8, 4) is 0 Å². The van der Waals surface area contributed by atoms with E-state index >= 15 is 0 Å². The SMILES string of the molecule is CC1=Nc2ccnn2C(c2ccc(Cl)c(Cl)c2)C1C(=O)N1CCC[C@@H]1C(N)=O. The van der Waals surface area contributed by atoms with E-state index in [9.17, 15) is 9.59 Å². The lowest BCUT2D eigenvalue weighted by Crippen LogP contribution is -2.50. The zero-order chi connectivity index (χ0) is 20.0. The number of fused-ring (bicyclic) bond motifs is 1. The van der Waals surface area contributed by atoms with Crippen molar-refractivity contribution in [1.29, 1.82) is 0 Å². The number of hydrogen-bond donors (Lipinski definition) is 1. The van der Waals surface area contributed by atoms with Gasteiger partial charge in [0.2, 0.25) is 11.8 Å². The summed E-state index contributed by atoms with van der Waals surface area (Å²) in [6, 6.07) is 6.03. The average Bonchev–Trinajstić information content (AvgIpc) is 3.31. The molecule has 3 atom stereocenters. The van der Waals surface area contributed by atoms with E-state index in [1.54, 1.807) is 34.0 Å². The first-order valence-corrected chi connectivity index (χ1v) is 9.77. The van der Waals surface area contributed by atoms with Gasteiger partial charge in [0.05, 0.1) is 22.3 Å². The molecule has 1 aromatic heterocycles. The van der Waals surface area contributed by atoms with Crippen LogP contribution in [0.4, 0.5) is 5.82 Å². The van der Waals surface area contributed by atoms with Crippen LogP contribution in [0, 0.1) is 5.92 Å². The van der Waals surface area contributed by atoms with E-state index in [1.165, 1.54) is 0 Å². The highest BCUT2D eigenvalue weighted by atomic mass is 35.5. The number of primary amides is 1. The van der Waals surface area contributed by atoms with E-state index in [-0.39, 0.29) is 5.91 Å². The van der Waals surface area contributed by atoms with E-state index in [1.807, 2.05) is 13.0 Å². The number of aliphatic imine (C=N–C) groups is 1. The lowest BCUT2D eigenvalue weighted by Gasteiger charge is -2.35. The Morgan fingerprint density at radius 3 is 2.71 bits per heavy atom. The zero-order valence-electron chi connectivity index (χ0n) is 15.2. The fraction of sp³-hybridized carbons (Fsp3) is 0.368. The molecule has 0 aliphatic carbocycles. The second-order valence-corrected chi connectivity index (χ2v) is 7.89. The maximum Gasteiger partial charge on any atom is 0.240 e. The van der Waals surface area contributed by atoms with Gasteiger partial charge >= 0.3 is 0 Å². The van der Waals surface area contributed by atoms with Crippen molar-refractivity contribution in [2.75, 3.05) is 6.54 Å². The van der Waals surface area contributed by atoms with Crippen molar-refractivity contribution in [2.45, 2.75) is 31.8 Å². The maximum atomic E-state index is 13.5. The van der Waals surface area contributed by atoms with Crippen LogP contribution in [0.2, 0.25) is 10.0 Å². The molecule has 2 N–H and O–H groups in total. The number of carbonyl (C=O) groups excluding carboxylic acids is 2. The van der Waals surface area contributed by atoms with E-state index in [2.05, 4.69) is 10.1 Å². The van der Waals surface area contributed by atoms with Gasteiger partial charge in [0, 0.05) is 18.3 Å². The van der Waals surface area contributed by atoms with Crippen LogP contribution in [0.1, 0.15) is 31.4 Å². The van der Waals surface area contributed by atoms with Crippen LogP contribution < -0.4 is 5.73 Å². The Kier molecular flexibility index (Phi) is 4.89. The predicted octanol–water partition coefficient (Wildman–Crippen LogP) is 2.98. The summed E-state index contributed by atoms with van der Waals surface area (Å²) in [5.41, 5.74) is 6.97. The number of hydrogen-bond acceptors (Lipinski definition) is 4. The highest BCUT2D eigenvalue weighted by molar-refractivity contribution is 6.42. The lowest BCUT2D eigenvalue weighted by molar-refractivity contribution is -0.139. The summed E-state index contributed by atoms with van der Waals surface area (Å²) in [7, 11) is 0. The molecule has 2 aliphatic rings. The third kappa shape index (κ3) is 3.08. The molecule has 1 fully saturated rings. The molecule has 0 bridgehead atoms. The van der Waals surface area contributed by atoms with Gasteiger partial charge in [0.25, 0.3) is 0 Å². The van der Waals surface area contributed by atoms with Gasteiger partial charge in [-0.3, -0.25) is 9.59 Å². The smallest absolute Gasteiger partial charge is 0.240 e. The van der Waals surface area contributed by atoms with Crippen LogP contribution in [-0.4, -0.2) is 44.8 Å². The van der Waals surface area contributed by atoms with Crippen LogP contribution in [0.3, 0.4) is 0 Å². The third-order valence-electron chi connectivity index (χ3n) is 5.39. The molecule has 0 spiro atoms. The number of nitrogens with zero attached hydrogens (tertiary/aromatic N) is 4. The van der Waals surface area contributed by atoms with Crippen molar-refractivity contribution in [2.24, 2.45) is 16.6 Å². The van der Waals surface area contributed by atoms with Gasteiger partial charge in [-0.15, -0.1) is 0 Å². The second kappa shape index (κ2) is 7.22. The van der Waals surface area contributed by atoms with E-state index < -0.39 is 23.9 Å². The van der Waals surface area contributed by atoms with Crippen molar-refractivity contribution in [3.05, 3.63) is 46.1 Å². The van der Waals surface area contributed by atoms with Crippen LogP contribution in [0.25, 0.3) is 0 Å². The third-order valence-corrected chi connectivity index (χ3v) is 6.12. The van der Waals surface area contributed by atoms with Gasteiger partial charge < -0.3 is 10.6 Å². The number of benzene rings is 1. The maximum absolute atomic E-state index is 13.5. The molecule has 28 heavy (non-hydrogen) atoms. The summed E-state index contributed by atoms with van der Waals surface area (Å²) in [4.78, 5) is 31.5. The number of amides is 2. The number of likely N-dealkylation sites (tertiary alicyclic amines) is 1. The van der Waals surface area contributed by atoms with Crippen LogP contribution in [0.15, 0.2) is 35.5 Å². The predicted molar refractivity (Wildman–Crippen MR) is 107 cm³/mol. The minimum atomic E-state index is -0.621. The van der Waals surface area contributed by atoms with Gasteiger partial charge in [-0.1, -0.05) is 29.3 Å². The Morgan fingerprint density at radius 2 is 2.00 bits per heavy atom. The Balaban J connectivity index is 1.80. The van der Waals surface area contributed by atoms with E-state index in [0.29, 0.717) is 34.5 Å². The number of aromatic nitrogens is 2. The molecule has 2 unspecified atom stereocenters. The number of halogens is 2. The quantitative estimate of drug-likeness (QED) is 0.827.